The number of hydrogen-bond acceptors (Lipinski definition) is 3. The van der Waals surface area contributed by atoms with Gasteiger partial charge >= 0.3 is 5.97 Å². The Kier molecular flexibility index (Phi) is 4.85. The zero-order valence-corrected chi connectivity index (χ0v) is 13.0. The molecule has 0 radical (unpaired) electrons. The number of carbonyl (C=O) groups is 1. The molecule has 1 unspecified atom stereocenters. The lowest BCUT2D eigenvalue weighted by Gasteiger charge is -2.45. The maximum atomic E-state index is 11.0. The molecular formula is C17H29NO3. The van der Waals surface area contributed by atoms with E-state index < -0.39 is 5.97 Å². The number of nitrogens with one attached hydrogen (secondary N) is 1. The van der Waals surface area contributed by atoms with E-state index in [9.17, 15) is 4.79 Å². The Morgan fingerprint density at radius 3 is 2.38 bits per heavy atom. The van der Waals surface area contributed by atoms with Crippen molar-refractivity contribution >= 4 is 5.97 Å². The van der Waals surface area contributed by atoms with Crippen LogP contribution in [0, 0.1) is 5.92 Å². The van der Waals surface area contributed by atoms with Gasteiger partial charge in [0.1, 0.15) is 0 Å². The zero-order chi connectivity index (χ0) is 14.7. The van der Waals surface area contributed by atoms with Crippen LogP contribution in [0.4, 0.5) is 0 Å². The average Bonchev–Trinajstić information content (AvgIpc) is 2.49. The molecule has 0 aromatic rings. The van der Waals surface area contributed by atoms with Crippen molar-refractivity contribution in [3.8, 4) is 0 Å². The summed E-state index contributed by atoms with van der Waals surface area (Å²) in [6.07, 6.45) is 12.4. The molecule has 4 nitrogen and oxygen atoms in total. The fourth-order valence-corrected chi connectivity index (χ4v) is 4.55. The van der Waals surface area contributed by atoms with Crippen LogP contribution in [0.5, 0.6) is 0 Å². The maximum absolute atomic E-state index is 11.0. The smallest absolute Gasteiger partial charge is 0.306 e. The molecule has 1 atom stereocenters. The van der Waals surface area contributed by atoms with Crippen molar-refractivity contribution in [2.45, 2.75) is 88.3 Å². The first-order chi connectivity index (χ1) is 10.2. The maximum Gasteiger partial charge on any atom is 0.306 e. The van der Waals surface area contributed by atoms with Crippen molar-refractivity contribution in [1.82, 2.24) is 5.32 Å². The number of aliphatic carboxylic acids is 1. The highest BCUT2D eigenvalue weighted by Gasteiger charge is 2.39. The Hall–Kier alpha value is -0.610. The predicted molar refractivity (Wildman–Crippen MR) is 81.3 cm³/mol. The molecule has 2 saturated carbocycles. The standard InChI is InChI=1S/C17H29NO3/c19-16(20)13-4-6-14(7-5-13)18-15-8-11-21-17(12-15)9-2-1-3-10-17/h13-15,18H,1-12H2,(H,19,20). The molecule has 0 aromatic heterocycles. The largest absolute Gasteiger partial charge is 0.481 e. The van der Waals surface area contributed by atoms with Crippen LogP contribution in [0.15, 0.2) is 0 Å². The molecule has 120 valence electrons. The molecule has 0 aromatic carbocycles. The van der Waals surface area contributed by atoms with E-state index in [1.807, 2.05) is 0 Å². The molecule has 2 aliphatic carbocycles. The lowest BCUT2D eigenvalue weighted by Crippen LogP contribution is -2.51. The summed E-state index contributed by atoms with van der Waals surface area (Å²) in [5.41, 5.74) is 0.159. The van der Waals surface area contributed by atoms with Gasteiger partial charge in [-0.1, -0.05) is 19.3 Å². The summed E-state index contributed by atoms with van der Waals surface area (Å²) >= 11 is 0. The van der Waals surface area contributed by atoms with Gasteiger partial charge in [0, 0.05) is 18.7 Å². The highest BCUT2D eigenvalue weighted by Crippen LogP contribution is 2.39. The topological polar surface area (TPSA) is 58.6 Å². The summed E-state index contributed by atoms with van der Waals surface area (Å²) in [4.78, 5) is 11.0. The van der Waals surface area contributed by atoms with Crippen molar-refractivity contribution in [1.29, 1.82) is 0 Å². The summed E-state index contributed by atoms with van der Waals surface area (Å²) in [5.74, 6) is -0.719. The number of carboxylic acid groups (broad SMARTS) is 1. The number of hydrogen-bond donors (Lipinski definition) is 2. The molecule has 4 heteroatoms. The van der Waals surface area contributed by atoms with Crippen LogP contribution in [0.25, 0.3) is 0 Å². The van der Waals surface area contributed by atoms with Gasteiger partial charge in [-0.3, -0.25) is 4.79 Å². The van der Waals surface area contributed by atoms with Gasteiger partial charge in [0.2, 0.25) is 0 Å². The summed E-state index contributed by atoms with van der Waals surface area (Å²) in [5, 5.41) is 12.9. The third-order valence-corrected chi connectivity index (χ3v) is 5.81. The molecule has 0 bridgehead atoms. The minimum atomic E-state index is -0.610. The molecule has 2 N–H and O–H groups in total. The molecule has 21 heavy (non-hydrogen) atoms. The SMILES string of the molecule is O=C(O)C1CCC(NC2CCOC3(CCCCC3)C2)CC1. The third kappa shape index (κ3) is 3.78. The van der Waals surface area contributed by atoms with Crippen molar-refractivity contribution < 1.29 is 14.6 Å². The van der Waals surface area contributed by atoms with Crippen LogP contribution >= 0.6 is 0 Å². The second kappa shape index (κ2) is 6.66. The summed E-state index contributed by atoms with van der Waals surface area (Å²) in [7, 11) is 0. The molecule has 1 aliphatic heterocycles. The average molecular weight is 295 g/mol. The molecule has 3 aliphatic rings. The molecule has 3 fully saturated rings. The highest BCUT2D eigenvalue weighted by atomic mass is 16.5. The third-order valence-electron chi connectivity index (χ3n) is 5.81. The number of carboxylic acids is 1. The van der Waals surface area contributed by atoms with Crippen LogP contribution in [-0.2, 0) is 9.53 Å². The van der Waals surface area contributed by atoms with Crippen LogP contribution in [-0.4, -0.2) is 35.4 Å². The Balaban J connectivity index is 1.48. The summed E-state index contributed by atoms with van der Waals surface area (Å²) in [6.45, 7) is 0.891. The quantitative estimate of drug-likeness (QED) is 0.840. The molecule has 3 rings (SSSR count). The van der Waals surface area contributed by atoms with Gasteiger partial charge in [-0.2, -0.15) is 0 Å². The van der Waals surface area contributed by atoms with Gasteiger partial charge in [-0.15, -0.1) is 0 Å². The molecule has 1 saturated heterocycles. The van der Waals surface area contributed by atoms with Gasteiger partial charge in [0.05, 0.1) is 11.5 Å². The Bertz CT molecular complexity index is 352. The lowest BCUT2D eigenvalue weighted by molar-refractivity contribution is -0.142. The normalized spacial score (nSPS) is 36.5. The minimum Gasteiger partial charge on any atom is -0.481 e. The van der Waals surface area contributed by atoms with Crippen LogP contribution in [0.2, 0.25) is 0 Å². The van der Waals surface area contributed by atoms with Crippen LogP contribution < -0.4 is 5.32 Å². The van der Waals surface area contributed by atoms with E-state index in [1.165, 1.54) is 32.1 Å². The van der Waals surface area contributed by atoms with Gasteiger partial charge in [0.15, 0.2) is 0 Å². The second-order valence-electron chi connectivity index (χ2n) is 7.34. The first kappa shape index (κ1) is 15.3. The summed E-state index contributed by atoms with van der Waals surface area (Å²) in [6, 6.07) is 1.09. The molecule has 1 heterocycles. The fourth-order valence-electron chi connectivity index (χ4n) is 4.55. The van der Waals surface area contributed by atoms with Crippen LogP contribution in [0.3, 0.4) is 0 Å². The second-order valence-corrected chi connectivity index (χ2v) is 7.34. The minimum absolute atomic E-state index is 0.109. The van der Waals surface area contributed by atoms with E-state index in [1.54, 1.807) is 0 Å². The highest BCUT2D eigenvalue weighted by molar-refractivity contribution is 5.70. The van der Waals surface area contributed by atoms with Gasteiger partial charge in [0.25, 0.3) is 0 Å². The first-order valence-corrected chi connectivity index (χ1v) is 8.80. The van der Waals surface area contributed by atoms with Crippen molar-refractivity contribution in [3.05, 3.63) is 0 Å². The van der Waals surface area contributed by atoms with E-state index >= 15 is 0 Å². The Labute approximate surface area is 127 Å². The van der Waals surface area contributed by atoms with E-state index in [2.05, 4.69) is 5.32 Å². The van der Waals surface area contributed by atoms with E-state index in [0.29, 0.717) is 12.1 Å². The van der Waals surface area contributed by atoms with E-state index in [0.717, 1.165) is 45.1 Å². The van der Waals surface area contributed by atoms with Crippen molar-refractivity contribution in [3.63, 3.8) is 0 Å². The van der Waals surface area contributed by atoms with Gasteiger partial charge in [-0.05, 0) is 51.4 Å². The molecule has 1 spiro atoms. The Morgan fingerprint density at radius 2 is 1.71 bits per heavy atom. The van der Waals surface area contributed by atoms with Gasteiger partial charge < -0.3 is 15.2 Å². The molecule has 0 amide bonds. The first-order valence-electron chi connectivity index (χ1n) is 8.80. The predicted octanol–water partition coefficient (Wildman–Crippen LogP) is 3.10. The fraction of sp³-hybridized carbons (Fsp3) is 0.941. The number of ether oxygens (including phenoxy) is 1. The summed E-state index contributed by atoms with van der Waals surface area (Å²) < 4.78 is 6.16. The molecular weight excluding hydrogens is 266 g/mol. The van der Waals surface area contributed by atoms with Crippen LogP contribution in [0.1, 0.15) is 70.6 Å². The van der Waals surface area contributed by atoms with Crippen molar-refractivity contribution in [2.24, 2.45) is 5.92 Å². The van der Waals surface area contributed by atoms with Crippen molar-refractivity contribution in [2.75, 3.05) is 6.61 Å². The Morgan fingerprint density at radius 1 is 1.00 bits per heavy atom. The lowest BCUT2D eigenvalue weighted by atomic mass is 9.77. The van der Waals surface area contributed by atoms with E-state index in [4.69, 9.17) is 9.84 Å². The van der Waals surface area contributed by atoms with Gasteiger partial charge in [-0.25, -0.2) is 0 Å². The monoisotopic (exact) mass is 295 g/mol. The zero-order valence-electron chi connectivity index (χ0n) is 13.0. The number of rotatable bonds is 3. The van der Waals surface area contributed by atoms with E-state index in [-0.39, 0.29) is 11.5 Å².